The molecule has 0 aliphatic heterocycles. The fourth-order valence-electron chi connectivity index (χ4n) is 1.35. The van der Waals surface area contributed by atoms with E-state index in [4.69, 9.17) is 5.11 Å². The van der Waals surface area contributed by atoms with E-state index in [0.29, 0.717) is 0 Å². The van der Waals surface area contributed by atoms with Gasteiger partial charge in [-0.25, -0.2) is 4.98 Å². The highest BCUT2D eigenvalue weighted by atomic mass is 79.9. The van der Waals surface area contributed by atoms with E-state index in [1.165, 1.54) is 11.3 Å². The number of nitrogens with zero attached hydrogens (tertiary/aromatic N) is 1. The Labute approximate surface area is 121 Å². The molecule has 2 heterocycles. The van der Waals surface area contributed by atoms with Crippen LogP contribution >= 0.6 is 38.6 Å². The normalized spacial score (nSPS) is 10.6. The molecule has 0 bridgehead atoms. The molecule has 0 aliphatic rings. The lowest BCUT2D eigenvalue weighted by Crippen LogP contribution is -2.27. The van der Waals surface area contributed by atoms with E-state index in [0.717, 1.165) is 20.1 Å². The largest absolute Gasteiger partial charge is 0.395 e. The van der Waals surface area contributed by atoms with Gasteiger partial charge < -0.3 is 10.4 Å². The molecule has 0 fully saturated rings. The predicted octanol–water partition coefficient (Wildman–Crippen LogP) is 2.29. The number of carbonyl (C=O) groups excluding carboxylic acids is 1. The molecule has 18 heavy (non-hydrogen) atoms. The zero-order valence-corrected chi connectivity index (χ0v) is 12.6. The van der Waals surface area contributed by atoms with Gasteiger partial charge in [-0.3, -0.25) is 4.79 Å². The highest BCUT2D eigenvalue weighted by Crippen LogP contribution is 2.31. The molecule has 2 N–H and O–H groups in total. The maximum absolute atomic E-state index is 11.5. The van der Waals surface area contributed by atoms with Crippen molar-refractivity contribution in [2.24, 2.45) is 0 Å². The molecule has 4 nitrogen and oxygen atoms in total. The number of hydrogen-bond acceptors (Lipinski definition) is 5. The van der Waals surface area contributed by atoms with E-state index < -0.39 is 0 Å². The molecule has 2 aromatic rings. The number of aliphatic hydroxyl groups excluding tert-OH is 1. The van der Waals surface area contributed by atoms with Crippen LogP contribution in [0.2, 0.25) is 0 Å². The lowest BCUT2D eigenvalue weighted by atomic mass is 10.3. The summed E-state index contributed by atoms with van der Waals surface area (Å²) in [5.74, 6) is -0.117. The van der Waals surface area contributed by atoms with Crippen LogP contribution in [0.15, 0.2) is 21.3 Å². The van der Waals surface area contributed by atoms with Crippen molar-refractivity contribution in [3.8, 4) is 9.88 Å². The molecule has 0 radical (unpaired) electrons. The summed E-state index contributed by atoms with van der Waals surface area (Å²) >= 11 is 6.55. The minimum atomic E-state index is -0.117. The number of amides is 1. The van der Waals surface area contributed by atoms with Crippen molar-refractivity contribution in [2.75, 3.05) is 13.2 Å². The van der Waals surface area contributed by atoms with Crippen LogP contribution in [0.3, 0.4) is 0 Å². The van der Waals surface area contributed by atoms with Gasteiger partial charge in [0.25, 0.3) is 0 Å². The minimum Gasteiger partial charge on any atom is -0.395 e. The highest BCUT2D eigenvalue weighted by Gasteiger charge is 2.10. The summed E-state index contributed by atoms with van der Waals surface area (Å²) in [6.45, 7) is 0.241. The summed E-state index contributed by atoms with van der Waals surface area (Å²) in [5.41, 5.74) is 0.759. The Kier molecular flexibility index (Phi) is 4.87. The van der Waals surface area contributed by atoms with E-state index in [2.05, 4.69) is 26.2 Å². The van der Waals surface area contributed by atoms with E-state index in [1.54, 1.807) is 11.3 Å². The smallest absolute Gasteiger partial charge is 0.226 e. The van der Waals surface area contributed by atoms with Gasteiger partial charge in [0.15, 0.2) is 0 Å². The van der Waals surface area contributed by atoms with Crippen LogP contribution in [-0.4, -0.2) is 29.1 Å². The Morgan fingerprint density at radius 1 is 1.44 bits per heavy atom. The maximum atomic E-state index is 11.5. The van der Waals surface area contributed by atoms with Gasteiger partial charge in [-0.2, -0.15) is 0 Å². The first-order valence-corrected chi connectivity index (χ1v) is 7.80. The van der Waals surface area contributed by atoms with E-state index in [9.17, 15) is 4.79 Å². The molecule has 0 aromatic carbocycles. The second-order valence-electron chi connectivity index (χ2n) is 3.52. The Balaban J connectivity index is 2.00. The number of thiophene rings is 1. The molecule has 0 aliphatic carbocycles. The number of rotatable bonds is 5. The van der Waals surface area contributed by atoms with Crippen LogP contribution in [-0.2, 0) is 11.2 Å². The van der Waals surface area contributed by atoms with E-state index in [-0.39, 0.29) is 25.5 Å². The number of carbonyl (C=O) groups is 1. The molecular weight excluding hydrogens is 336 g/mol. The predicted molar refractivity (Wildman–Crippen MR) is 76.9 cm³/mol. The topological polar surface area (TPSA) is 62.2 Å². The van der Waals surface area contributed by atoms with Crippen LogP contribution in [0.4, 0.5) is 0 Å². The van der Waals surface area contributed by atoms with Gasteiger partial charge in [0.1, 0.15) is 5.01 Å². The molecular formula is C11H11BrN2O2S2. The third-order valence-corrected chi connectivity index (χ3v) is 4.86. The van der Waals surface area contributed by atoms with Crippen LogP contribution in [0.25, 0.3) is 9.88 Å². The highest BCUT2D eigenvalue weighted by molar-refractivity contribution is 9.10. The first-order chi connectivity index (χ1) is 8.69. The molecule has 0 spiro atoms. The third-order valence-electron chi connectivity index (χ3n) is 2.11. The Morgan fingerprint density at radius 2 is 2.28 bits per heavy atom. The second kappa shape index (κ2) is 6.42. The zero-order valence-electron chi connectivity index (χ0n) is 9.35. The number of nitrogens with one attached hydrogen (secondary N) is 1. The van der Waals surface area contributed by atoms with Gasteiger partial charge >= 0.3 is 0 Å². The van der Waals surface area contributed by atoms with Crippen molar-refractivity contribution in [3.05, 3.63) is 27.0 Å². The second-order valence-corrected chi connectivity index (χ2v) is 6.21. The fourth-order valence-corrected chi connectivity index (χ4v) is 3.68. The molecule has 0 unspecified atom stereocenters. The molecule has 2 aromatic heterocycles. The van der Waals surface area contributed by atoms with Gasteiger partial charge in [0.2, 0.25) is 5.91 Å². The van der Waals surface area contributed by atoms with Crippen LogP contribution < -0.4 is 5.32 Å². The summed E-state index contributed by atoms with van der Waals surface area (Å²) in [4.78, 5) is 17.0. The van der Waals surface area contributed by atoms with Gasteiger partial charge in [-0.15, -0.1) is 22.7 Å². The number of aromatic nitrogens is 1. The van der Waals surface area contributed by atoms with Crippen molar-refractivity contribution < 1.29 is 9.90 Å². The average Bonchev–Trinajstić information content (AvgIpc) is 2.95. The lowest BCUT2D eigenvalue weighted by molar-refractivity contribution is -0.120. The van der Waals surface area contributed by atoms with Gasteiger partial charge in [0, 0.05) is 21.8 Å². The molecule has 0 atom stereocenters. The number of thiazole rings is 1. The Morgan fingerprint density at radius 3 is 2.94 bits per heavy atom. The minimum absolute atomic E-state index is 0.0444. The standard InChI is InChI=1S/C11H11BrN2O2S2/c12-7-3-9(17-5-7)11-14-8(6-18-11)4-10(16)13-1-2-15/h3,5-6,15H,1-2,4H2,(H,13,16). The SMILES string of the molecule is O=C(Cc1csc(-c2cc(Br)cs2)n1)NCCO. The van der Waals surface area contributed by atoms with Crippen LogP contribution in [0.1, 0.15) is 5.69 Å². The number of aliphatic hydroxyl groups is 1. The van der Waals surface area contributed by atoms with Crippen molar-refractivity contribution in [1.29, 1.82) is 0 Å². The molecule has 0 saturated heterocycles. The van der Waals surface area contributed by atoms with Crippen molar-refractivity contribution in [2.45, 2.75) is 6.42 Å². The summed E-state index contributed by atoms with van der Waals surface area (Å²) in [6, 6.07) is 2.01. The van der Waals surface area contributed by atoms with Crippen LogP contribution in [0.5, 0.6) is 0 Å². The number of halogens is 1. The summed E-state index contributed by atoms with van der Waals surface area (Å²) < 4.78 is 1.04. The van der Waals surface area contributed by atoms with Gasteiger partial charge in [0.05, 0.1) is 23.6 Å². The quantitative estimate of drug-likeness (QED) is 0.872. The monoisotopic (exact) mass is 346 g/mol. The zero-order chi connectivity index (χ0) is 13.0. The van der Waals surface area contributed by atoms with E-state index in [1.807, 2.05) is 16.8 Å². The molecule has 7 heteroatoms. The molecule has 1 amide bonds. The Hall–Kier alpha value is -0.760. The van der Waals surface area contributed by atoms with Gasteiger partial charge in [-0.05, 0) is 22.0 Å². The van der Waals surface area contributed by atoms with Crippen LogP contribution in [0, 0.1) is 0 Å². The summed E-state index contributed by atoms with van der Waals surface area (Å²) in [7, 11) is 0. The third kappa shape index (κ3) is 3.61. The molecule has 0 saturated carbocycles. The molecule has 2 rings (SSSR count). The number of hydrogen-bond donors (Lipinski definition) is 2. The first kappa shape index (κ1) is 13.7. The lowest BCUT2D eigenvalue weighted by Gasteiger charge is -1.99. The summed E-state index contributed by atoms with van der Waals surface area (Å²) in [5, 5.41) is 16.0. The Bertz CT molecular complexity index is 539. The summed E-state index contributed by atoms with van der Waals surface area (Å²) in [6.07, 6.45) is 0.253. The first-order valence-electron chi connectivity index (χ1n) is 5.25. The van der Waals surface area contributed by atoms with Crippen molar-refractivity contribution >= 4 is 44.5 Å². The van der Waals surface area contributed by atoms with E-state index >= 15 is 0 Å². The fraction of sp³-hybridized carbons (Fsp3) is 0.273. The van der Waals surface area contributed by atoms with Gasteiger partial charge in [-0.1, -0.05) is 0 Å². The molecule has 96 valence electrons. The van der Waals surface area contributed by atoms with Crippen molar-refractivity contribution in [1.82, 2.24) is 10.3 Å². The maximum Gasteiger partial charge on any atom is 0.226 e. The average molecular weight is 347 g/mol. The van der Waals surface area contributed by atoms with Crippen molar-refractivity contribution in [3.63, 3.8) is 0 Å².